The van der Waals surface area contributed by atoms with Crippen molar-refractivity contribution >= 4 is 0 Å². The molecule has 2 aliphatic carbocycles. The van der Waals surface area contributed by atoms with Crippen LogP contribution in [-0.4, -0.2) is 0 Å². The van der Waals surface area contributed by atoms with E-state index in [9.17, 15) is 17.6 Å². The average molecular weight is 368 g/mol. The molecule has 0 aliphatic heterocycles. The lowest BCUT2D eigenvalue weighted by molar-refractivity contribution is -0.140. The Morgan fingerprint density at radius 2 is 1.62 bits per heavy atom. The molecular weight excluding hydrogens is 340 g/mol. The summed E-state index contributed by atoms with van der Waals surface area (Å²) in [4.78, 5) is 0. The van der Waals surface area contributed by atoms with Crippen LogP contribution in [0.4, 0.5) is 17.6 Å². The van der Waals surface area contributed by atoms with Crippen molar-refractivity contribution in [2.45, 2.75) is 77.3 Å². The molecular formula is C22H28F4. The zero-order valence-corrected chi connectivity index (χ0v) is 15.5. The Morgan fingerprint density at radius 3 is 2.15 bits per heavy atom. The van der Waals surface area contributed by atoms with Crippen LogP contribution >= 0.6 is 0 Å². The second-order valence-electron chi connectivity index (χ2n) is 7.96. The molecule has 2 fully saturated rings. The molecule has 144 valence electrons. The highest BCUT2D eigenvalue weighted by Gasteiger charge is 2.35. The number of benzene rings is 1. The van der Waals surface area contributed by atoms with Gasteiger partial charge in [-0.05, 0) is 86.8 Å². The van der Waals surface area contributed by atoms with E-state index in [2.05, 4.69) is 6.92 Å². The van der Waals surface area contributed by atoms with Crippen molar-refractivity contribution < 1.29 is 17.6 Å². The van der Waals surface area contributed by atoms with Crippen molar-refractivity contribution in [1.29, 1.82) is 0 Å². The quantitative estimate of drug-likeness (QED) is 0.482. The van der Waals surface area contributed by atoms with Crippen molar-refractivity contribution in [3.63, 3.8) is 0 Å². The van der Waals surface area contributed by atoms with Gasteiger partial charge in [-0.2, -0.15) is 13.2 Å². The fourth-order valence-electron chi connectivity index (χ4n) is 4.78. The molecule has 2 radical (unpaired) electrons. The third-order valence-electron chi connectivity index (χ3n) is 6.29. The molecule has 3 rings (SSSR count). The van der Waals surface area contributed by atoms with E-state index in [-0.39, 0.29) is 0 Å². The molecule has 0 atom stereocenters. The summed E-state index contributed by atoms with van der Waals surface area (Å²) in [6.07, 6.45) is 6.99. The monoisotopic (exact) mass is 368 g/mol. The van der Waals surface area contributed by atoms with Gasteiger partial charge in [0.2, 0.25) is 0 Å². The Bertz CT molecular complexity index is 576. The highest BCUT2D eigenvalue weighted by Crippen LogP contribution is 2.45. The van der Waals surface area contributed by atoms with Gasteiger partial charge < -0.3 is 0 Å². The molecule has 0 nitrogen and oxygen atoms in total. The SMILES string of the molecule is CCCC1CC[C](C2CC[C](c3ccc(C(F)(F)F)c(F)c3)CC2)CC1. The molecule has 0 N–H and O–H groups in total. The van der Waals surface area contributed by atoms with E-state index in [1.165, 1.54) is 44.6 Å². The lowest BCUT2D eigenvalue weighted by Crippen LogP contribution is -2.24. The van der Waals surface area contributed by atoms with Gasteiger partial charge in [0.05, 0.1) is 5.56 Å². The minimum atomic E-state index is -4.63. The second-order valence-corrected chi connectivity index (χ2v) is 7.96. The van der Waals surface area contributed by atoms with Crippen LogP contribution in [0.3, 0.4) is 0 Å². The van der Waals surface area contributed by atoms with Crippen LogP contribution in [0.15, 0.2) is 18.2 Å². The zero-order chi connectivity index (χ0) is 18.7. The Morgan fingerprint density at radius 1 is 0.962 bits per heavy atom. The summed E-state index contributed by atoms with van der Waals surface area (Å²) >= 11 is 0. The third-order valence-corrected chi connectivity index (χ3v) is 6.29. The molecule has 0 unspecified atom stereocenters. The Hall–Kier alpha value is -1.06. The van der Waals surface area contributed by atoms with E-state index in [4.69, 9.17) is 0 Å². The maximum absolute atomic E-state index is 13.8. The minimum Gasteiger partial charge on any atom is -0.206 e. The molecule has 0 saturated heterocycles. The maximum Gasteiger partial charge on any atom is 0.419 e. The molecule has 4 heteroatoms. The summed E-state index contributed by atoms with van der Waals surface area (Å²) in [5, 5.41) is 0. The zero-order valence-electron chi connectivity index (χ0n) is 15.5. The lowest BCUT2D eigenvalue weighted by atomic mass is 9.68. The van der Waals surface area contributed by atoms with Gasteiger partial charge in [-0.25, -0.2) is 4.39 Å². The van der Waals surface area contributed by atoms with E-state index < -0.39 is 17.6 Å². The average Bonchev–Trinajstić information content (AvgIpc) is 2.62. The Kier molecular flexibility index (Phi) is 6.29. The molecule has 0 bridgehead atoms. The number of hydrogen-bond donors (Lipinski definition) is 0. The summed E-state index contributed by atoms with van der Waals surface area (Å²) in [5.41, 5.74) is -0.527. The summed E-state index contributed by atoms with van der Waals surface area (Å²) in [6.45, 7) is 2.25. The number of alkyl halides is 3. The normalized spacial score (nSPS) is 22.0. The first-order chi connectivity index (χ1) is 12.4. The summed E-state index contributed by atoms with van der Waals surface area (Å²) in [5.74, 6) is 3.20. The van der Waals surface area contributed by atoms with Gasteiger partial charge in [0.25, 0.3) is 0 Å². The van der Waals surface area contributed by atoms with Crippen LogP contribution in [0.25, 0.3) is 0 Å². The van der Waals surface area contributed by atoms with Crippen LogP contribution in [0, 0.1) is 29.5 Å². The Balaban J connectivity index is 1.53. The lowest BCUT2D eigenvalue weighted by Gasteiger charge is -2.37. The van der Waals surface area contributed by atoms with Gasteiger partial charge in [-0.1, -0.05) is 25.8 Å². The van der Waals surface area contributed by atoms with Gasteiger partial charge in [-0.3, -0.25) is 0 Å². The van der Waals surface area contributed by atoms with Crippen LogP contribution in [0.5, 0.6) is 0 Å². The predicted octanol–water partition coefficient (Wildman–Crippen LogP) is 7.52. The summed E-state index contributed by atoms with van der Waals surface area (Å²) in [7, 11) is 0. The van der Waals surface area contributed by atoms with E-state index in [0.717, 1.165) is 49.7 Å². The Labute approximate surface area is 154 Å². The van der Waals surface area contributed by atoms with Gasteiger partial charge in [-0.15, -0.1) is 0 Å². The van der Waals surface area contributed by atoms with Gasteiger partial charge in [0.15, 0.2) is 0 Å². The summed E-state index contributed by atoms with van der Waals surface area (Å²) < 4.78 is 51.9. The number of rotatable bonds is 4. The molecule has 0 amide bonds. The topological polar surface area (TPSA) is 0 Å². The van der Waals surface area contributed by atoms with Gasteiger partial charge in [0, 0.05) is 5.92 Å². The predicted molar refractivity (Wildman–Crippen MR) is 95.8 cm³/mol. The third kappa shape index (κ3) is 4.61. The molecule has 2 aliphatic rings. The van der Waals surface area contributed by atoms with Gasteiger partial charge in [0.1, 0.15) is 5.82 Å². The highest BCUT2D eigenvalue weighted by molar-refractivity contribution is 5.36. The van der Waals surface area contributed by atoms with Crippen molar-refractivity contribution in [2.24, 2.45) is 11.8 Å². The molecule has 0 spiro atoms. The molecule has 0 heterocycles. The standard InChI is InChI=1S/C22H28F4/c1-2-3-15-4-6-16(7-5-15)17-8-10-18(11-9-17)19-12-13-20(21(23)14-19)22(24,25)26/h12-15,17H,2-11H2,1H3. The first-order valence-electron chi connectivity index (χ1n) is 9.95. The van der Waals surface area contributed by atoms with E-state index >= 15 is 0 Å². The second kappa shape index (κ2) is 8.31. The fourth-order valence-corrected chi connectivity index (χ4v) is 4.78. The number of hydrogen-bond acceptors (Lipinski definition) is 0. The molecule has 0 aromatic heterocycles. The molecule has 1 aromatic rings. The summed E-state index contributed by atoms with van der Waals surface area (Å²) in [6, 6.07) is 3.39. The van der Waals surface area contributed by atoms with Crippen molar-refractivity contribution in [3.8, 4) is 0 Å². The fraction of sp³-hybridized carbons (Fsp3) is 0.636. The molecule has 1 aromatic carbocycles. The van der Waals surface area contributed by atoms with Crippen LogP contribution in [0.2, 0.25) is 0 Å². The highest BCUT2D eigenvalue weighted by atomic mass is 19.4. The van der Waals surface area contributed by atoms with Crippen molar-refractivity contribution in [2.75, 3.05) is 0 Å². The first kappa shape index (κ1) is 19.7. The van der Waals surface area contributed by atoms with Crippen LogP contribution in [0.1, 0.15) is 82.3 Å². The molecule has 26 heavy (non-hydrogen) atoms. The van der Waals surface area contributed by atoms with Crippen molar-refractivity contribution in [1.82, 2.24) is 0 Å². The van der Waals surface area contributed by atoms with Gasteiger partial charge >= 0.3 is 6.18 Å². The van der Waals surface area contributed by atoms with E-state index in [0.29, 0.717) is 11.5 Å². The van der Waals surface area contributed by atoms with Crippen molar-refractivity contribution in [3.05, 3.63) is 47.0 Å². The largest absolute Gasteiger partial charge is 0.419 e. The van der Waals surface area contributed by atoms with Crippen LogP contribution in [-0.2, 0) is 6.18 Å². The molecule has 2 saturated carbocycles. The smallest absolute Gasteiger partial charge is 0.206 e. The first-order valence-corrected chi connectivity index (χ1v) is 9.95. The van der Waals surface area contributed by atoms with E-state index in [1.807, 2.05) is 0 Å². The minimum absolute atomic E-state index is 0.644. The maximum atomic E-state index is 13.8. The van der Waals surface area contributed by atoms with E-state index in [1.54, 1.807) is 5.92 Å². The van der Waals surface area contributed by atoms with Crippen LogP contribution < -0.4 is 0 Å². The number of halogens is 4.